The average Bonchev–Trinajstić information content (AvgIpc) is 2.74. The Morgan fingerprint density at radius 2 is 0.774 bits per heavy atom. The second-order valence-electron chi connectivity index (χ2n) is 7.34. The zero-order valence-electron chi connectivity index (χ0n) is 21.2. The smallest absolute Gasteiger partial charge is 0.287 e. The number of rotatable bonds is 24. The van der Waals surface area contributed by atoms with Crippen LogP contribution < -0.4 is 0 Å². The second kappa shape index (κ2) is 20.3. The van der Waals surface area contributed by atoms with E-state index in [1.54, 1.807) is 0 Å². The van der Waals surface area contributed by atoms with E-state index in [1.165, 1.54) is 0 Å². The molecule has 7 heteroatoms. The zero-order chi connectivity index (χ0) is 23.3. The predicted molar refractivity (Wildman–Crippen MR) is 123 cm³/mol. The van der Waals surface area contributed by atoms with E-state index < -0.39 is 11.9 Å². The predicted octanol–water partition coefficient (Wildman–Crippen LogP) is 5.65. The lowest BCUT2D eigenvalue weighted by atomic mass is 10.2. The first-order valence-electron chi connectivity index (χ1n) is 12.5. The molecule has 31 heavy (non-hydrogen) atoms. The number of ether oxygens (including phenoxy) is 7. The van der Waals surface area contributed by atoms with Gasteiger partial charge in [0.05, 0.1) is 0 Å². The van der Waals surface area contributed by atoms with Gasteiger partial charge in [-0.15, -0.1) is 0 Å². The van der Waals surface area contributed by atoms with Crippen LogP contribution in [-0.4, -0.2) is 64.8 Å². The molecule has 0 amide bonds. The maximum absolute atomic E-state index is 6.44. The van der Waals surface area contributed by atoms with Crippen LogP contribution in [0.2, 0.25) is 0 Å². The van der Waals surface area contributed by atoms with Crippen molar-refractivity contribution in [3.05, 3.63) is 0 Å². The van der Waals surface area contributed by atoms with Crippen molar-refractivity contribution in [2.75, 3.05) is 52.9 Å². The van der Waals surface area contributed by atoms with E-state index in [2.05, 4.69) is 13.8 Å². The lowest BCUT2D eigenvalue weighted by Gasteiger charge is -2.42. The van der Waals surface area contributed by atoms with Crippen molar-refractivity contribution < 1.29 is 33.2 Å². The Labute approximate surface area is 191 Å². The Morgan fingerprint density at radius 3 is 1.06 bits per heavy atom. The maximum atomic E-state index is 6.44. The van der Waals surface area contributed by atoms with Crippen LogP contribution in [0.3, 0.4) is 0 Å². The van der Waals surface area contributed by atoms with Gasteiger partial charge in [-0.1, -0.05) is 26.7 Å². The molecule has 0 spiro atoms. The minimum Gasteiger partial charge on any atom is -0.381 e. The third kappa shape index (κ3) is 14.5. The molecule has 0 N–H and O–H groups in total. The summed E-state index contributed by atoms with van der Waals surface area (Å²) in [6.45, 7) is 16.6. The highest BCUT2D eigenvalue weighted by Crippen LogP contribution is 2.33. The molecule has 0 bridgehead atoms. The number of hydrogen-bond acceptors (Lipinski definition) is 7. The Hall–Kier alpha value is -0.280. The van der Waals surface area contributed by atoms with Crippen molar-refractivity contribution in [2.24, 2.45) is 0 Å². The van der Waals surface area contributed by atoms with Crippen molar-refractivity contribution in [2.45, 2.75) is 105 Å². The average molecular weight is 451 g/mol. The summed E-state index contributed by atoms with van der Waals surface area (Å²) >= 11 is 0. The van der Waals surface area contributed by atoms with Crippen LogP contribution in [0.15, 0.2) is 0 Å². The highest BCUT2D eigenvalue weighted by Gasteiger charge is 2.45. The van der Waals surface area contributed by atoms with E-state index in [-0.39, 0.29) is 0 Å². The molecule has 188 valence electrons. The Balaban J connectivity index is 5.19. The highest BCUT2D eigenvalue weighted by molar-refractivity contribution is 4.67. The van der Waals surface area contributed by atoms with Gasteiger partial charge in [-0.05, 0) is 53.4 Å². The summed E-state index contributed by atoms with van der Waals surface area (Å²) in [6.07, 6.45) is 6.92. The van der Waals surface area contributed by atoms with E-state index in [4.69, 9.17) is 33.2 Å². The molecule has 0 saturated heterocycles. The van der Waals surface area contributed by atoms with E-state index in [0.29, 0.717) is 52.5 Å². The molecule has 0 unspecified atom stereocenters. The van der Waals surface area contributed by atoms with Crippen molar-refractivity contribution in [3.8, 4) is 0 Å². The van der Waals surface area contributed by atoms with Crippen LogP contribution in [-0.2, 0) is 33.2 Å². The summed E-state index contributed by atoms with van der Waals surface area (Å²) in [5.41, 5.74) is 0. The van der Waals surface area contributed by atoms with Gasteiger partial charge in [-0.3, -0.25) is 4.74 Å². The topological polar surface area (TPSA) is 64.6 Å². The van der Waals surface area contributed by atoms with Gasteiger partial charge in [0, 0.05) is 65.7 Å². The summed E-state index contributed by atoms with van der Waals surface area (Å²) in [5.74, 6) is -2.49. The fraction of sp³-hybridized carbons (Fsp3) is 1.00. The standard InChI is InChI=1S/C24H50O7/c1-7-13-19-25-21-15-17-23(27-9-3,28-10-4)31-24(29-11-5,30-12-6)18-16-22-26-20-14-8-2/h7-22H2,1-6H3. The van der Waals surface area contributed by atoms with Crippen molar-refractivity contribution in [3.63, 3.8) is 0 Å². The molecule has 0 aromatic heterocycles. The molecular weight excluding hydrogens is 400 g/mol. The van der Waals surface area contributed by atoms with Crippen LogP contribution in [0.1, 0.15) is 92.9 Å². The minimum absolute atomic E-state index is 0.450. The molecule has 0 atom stereocenters. The monoisotopic (exact) mass is 450 g/mol. The van der Waals surface area contributed by atoms with E-state index in [0.717, 1.165) is 51.7 Å². The molecule has 0 aliphatic carbocycles. The quantitative estimate of drug-likeness (QED) is 0.139. The zero-order valence-corrected chi connectivity index (χ0v) is 21.2. The third-order valence-corrected chi connectivity index (χ3v) is 4.60. The number of unbranched alkanes of at least 4 members (excludes halogenated alkanes) is 2. The van der Waals surface area contributed by atoms with Crippen LogP contribution in [0.5, 0.6) is 0 Å². The van der Waals surface area contributed by atoms with Gasteiger partial charge >= 0.3 is 0 Å². The first-order chi connectivity index (χ1) is 15.1. The van der Waals surface area contributed by atoms with Crippen LogP contribution in [0.25, 0.3) is 0 Å². The van der Waals surface area contributed by atoms with Gasteiger partial charge in [0.15, 0.2) is 0 Å². The van der Waals surface area contributed by atoms with Crippen LogP contribution in [0, 0.1) is 0 Å². The minimum atomic E-state index is -1.25. The van der Waals surface area contributed by atoms with E-state index >= 15 is 0 Å². The lowest BCUT2D eigenvalue weighted by Crippen LogP contribution is -2.51. The van der Waals surface area contributed by atoms with Gasteiger partial charge in [0.25, 0.3) is 11.9 Å². The summed E-state index contributed by atoms with van der Waals surface area (Å²) in [4.78, 5) is 0. The van der Waals surface area contributed by atoms with Gasteiger partial charge in [-0.25, -0.2) is 0 Å². The fourth-order valence-electron chi connectivity index (χ4n) is 3.19. The Bertz CT molecular complexity index is 333. The van der Waals surface area contributed by atoms with Crippen LogP contribution >= 0.6 is 0 Å². The van der Waals surface area contributed by atoms with Crippen molar-refractivity contribution >= 4 is 0 Å². The molecule has 0 heterocycles. The maximum Gasteiger partial charge on any atom is 0.287 e. The molecule has 0 aliphatic rings. The number of hydrogen-bond donors (Lipinski definition) is 0. The van der Waals surface area contributed by atoms with Gasteiger partial charge in [0.1, 0.15) is 0 Å². The third-order valence-electron chi connectivity index (χ3n) is 4.60. The molecule has 7 nitrogen and oxygen atoms in total. The lowest BCUT2D eigenvalue weighted by molar-refractivity contribution is -0.505. The summed E-state index contributed by atoms with van der Waals surface area (Å²) in [5, 5.41) is 0. The van der Waals surface area contributed by atoms with Gasteiger partial charge in [-0.2, -0.15) is 0 Å². The largest absolute Gasteiger partial charge is 0.381 e. The Kier molecular flexibility index (Phi) is 20.2. The molecule has 0 aromatic carbocycles. The van der Waals surface area contributed by atoms with Crippen molar-refractivity contribution in [1.29, 1.82) is 0 Å². The summed E-state index contributed by atoms with van der Waals surface area (Å²) < 4.78 is 41.9. The fourth-order valence-corrected chi connectivity index (χ4v) is 3.19. The molecule has 0 fully saturated rings. The SMILES string of the molecule is CCCCOCCCC(OCC)(OCC)OC(CCCOCCCC)(OCC)OCC. The molecular formula is C24H50O7. The first-order valence-corrected chi connectivity index (χ1v) is 12.5. The summed E-state index contributed by atoms with van der Waals surface area (Å²) in [7, 11) is 0. The summed E-state index contributed by atoms with van der Waals surface area (Å²) in [6, 6.07) is 0. The Morgan fingerprint density at radius 1 is 0.452 bits per heavy atom. The molecule has 0 aliphatic heterocycles. The van der Waals surface area contributed by atoms with E-state index in [1.807, 2.05) is 27.7 Å². The second-order valence-corrected chi connectivity index (χ2v) is 7.34. The van der Waals surface area contributed by atoms with Gasteiger partial charge in [0.2, 0.25) is 0 Å². The first kappa shape index (κ1) is 30.7. The molecule has 0 aromatic rings. The molecule has 0 radical (unpaired) electrons. The van der Waals surface area contributed by atoms with E-state index in [9.17, 15) is 0 Å². The highest BCUT2D eigenvalue weighted by atomic mass is 17.0. The van der Waals surface area contributed by atoms with Gasteiger partial charge < -0.3 is 28.4 Å². The van der Waals surface area contributed by atoms with Crippen LogP contribution in [0.4, 0.5) is 0 Å². The molecule has 0 saturated carbocycles. The normalized spacial score (nSPS) is 12.6. The molecule has 0 rings (SSSR count). The van der Waals surface area contributed by atoms with Crippen molar-refractivity contribution in [1.82, 2.24) is 0 Å².